The van der Waals surface area contributed by atoms with Crippen LogP contribution < -0.4 is 5.32 Å². The highest BCUT2D eigenvalue weighted by Gasteiger charge is 2.26. The lowest BCUT2D eigenvalue weighted by Gasteiger charge is -2.08. The molecule has 7 heteroatoms. The molecule has 3 aromatic rings. The van der Waals surface area contributed by atoms with Crippen LogP contribution in [0.2, 0.25) is 0 Å². The van der Waals surface area contributed by atoms with Gasteiger partial charge in [0.2, 0.25) is 0 Å². The minimum absolute atomic E-state index is 0.126. The molecule has 0 unspecified atom stereocenters. The van der Waals surface area contributed by atoms with E-state index in [0.29, 0.717) is 17.8 Å². The van der Waals surface area contributed by atoms with E-state index < -0.39 is 6.10 Å². The van der Waals surface area contributed by atoms with Gasteiger partial charge in [0, 0.05) is 36.9 Å². The van der Waals surface area contributed by atoms with Crippen molar-refractivity contribution in [2.24, 2.45) is 0 Å². The van der Waals surface area contributed by atoms with Crippen molar-refractivity contribution in [1.29, 1.82) is 0 Å². The van der Waals surface area contributed by atoms with E-state index >= 15 is 0 Å². The number of aliphatic hydroxyl groups is 1. The molecule has 3 heterocycles. The number of rotatable bonds is 5. The predicted molar refractivity (Wildman–Crippen MR) is 85.8 cm³/mol. The Morgan fingerprint density at radius 1 is 1.25 bits per heavy atom. The highest BCUT2D eigenvalue weighted by Crippen LogP contribution is 2.28. The third-order valence-corrected chi connectivity index (χ3v) is 3.46. The summed E-state index contributed by atoms with van der Waals surface area (Å²) in [4.78, 5) is 20.6. The molecule has 0 aliphatic rings. The van der Waals surface area contributed by atoms with E-state index in [4.69, 9.17) is 4.52 Å². The van der Waals surface area contributed by atoms with Crippen LogP contribution in [0, 0.1) is 0 Å². The van der Waals surface area contributed by atoms with Gasteiger partial charge >= 0.3 is 0 Å². The number of nitrogens with zero attached hydrogens (tertiary/aromatic N) is 3. The minimum Gasteiger partial charge on any atom is -0.385 e. The summed E-state index contributed by atoms with van der Waals surface area (Å²) in [6, 6.07) is 7.14. The Labute approximate surface area is 138 Å². The number of nitrogens with one attached hydrogen (secondary N) is 1. The number of hydrogen-bond acceptors (Lipinski definition) is 6. The molecular weight excluding hydrogens is 308 g/mol. The van der Waals surface area contributed by atoms with E-state index in [1.807, 2.05) is 12.1 Å². The quantitative estimate of drug-likeness (QED) is 0.745. The van der Waals surface area contributed by atoms with Gasteiger partial charge < -0.3 is 14.9 Å². The molecule has 0 saturated heterocycles. The molecule has 7 nitrogen and oxygen atoms in total. The first-order chi connectivity index (χ1) is 11.7. The van der Waals surface area contributed by atoms with Crippen molar-refractivity contribution in [2.75, 3.05) is 0 Å². The molecule has 0 aromatic carbocycles. The molecule has 3 rings (SSSR count). The maximum Gasteiger partial charge on any atom is 0.257 e. The van der Waals surface area contributed by atoms with Gasteiger partial charge in [-0.1, -0.05) is 5.16 Å². The summed E-state index contributed by atoms with van der Waals surface area (Å²) in [6.45, 7) is 1.85. The summed E-state index contributed by atoms with van der Waals surface area (Å²) >= 11 is 0. The Hall–Kier alpha value is -3.06. The van der Waals surface area contributed by atoms with Crippen molar-refractivity contribution >= 4 is 5.91 Å². The standard InChI is InChI=1S/C17H16N4O3/c1-11(22)16-14(15(21-24-16)13-3-2-6-19-10-13)17(23)20-9-12-4-7-18-8-5-12/h2-8,10-11,22H,9H2,1H3,(H,20,23)/t11-/m0/s1. The number of aromatic nitrogens is 3. The normalized spacial score (nSPS) is 11.9. The summed E-state index contributed by atoms with van der Waals surface area (Å²) in [5, 5.41) is 16.6. The molecule has 1 atom stereocenters. The van der Waals surface area contributed by atoms with E-state index in [1.54, 1.807) is 36.9 Å². The molecule has 0 bridgehead atoms. The van der Waals surface area contributed by atoms with E-state index in [2.05, 4.69) is 20.4 Å². The monoisotopic (exact) mass is 324 g/mol. The van der Waals surface area contributed by atoms with Crippen LogP contribution in [0.15, 0.2) is 53.6 Å². The van der Waals surface area contributed by atoms with Crippen LogP contribution in [0.4, 0.5) is 0 Å². The highest BCUT2D eigenvalue weighted by molar-refractivity contribution is 6.00. The lowest BCUT2D eigenvalue weighted by Crippen LogP contribution is -2.24. The second kappa shape index (κ2) is 7.01. The molecule has 122 valence electrons. The first-order valence-electron chi connectivity index (χ1n) is 7.42. The van der Waals surface area contributed by atoms with Crippen LogP contribution >= 0.6 is 0 Å². The zero-order chi connectivity index (χ0) is 16.9. The fraction of sp³-hybridized carbons (Fsp3) is 0.176. The van der Waals surface area contributed by atoms with Gasteiger partial charge in [0.1, 0.15) is 17.4 Å². The van der Waals surface area contributed by atoms with Crippen LogP contribution in [0.5, 0.6) is 0 Å². The number of amides is 1. The van der Waals surface area contributed by atoms with Gasteiger partial charge in [0.15, 0.2) is 5.76 Å². The Balaban J connectivity index is 1.90. The fourth-order valence-electron chi connectivity index (χ4n) is 2.28. The Kier molecular flexibility index (Phi) is 4.62. The molecule has 0 spiro atoms. The molecule has 24 heavy (non-hydrogen) atoms. The number of carbonyl (C=O) groups is 1. The van der Waals surface area contributed by atoms with E-state index in [1.165, 1.54) is 6.92 Å². The van der Waals surface area contributed by atoms with Gasteiger partial charge in [0.25, 0.3) is 5.91 Å². The number of hydrogen-bond donors (Lipinski definition) is 2. The molecule has 3 aromatic heterocycles. The zero-order valence-corrected chi connectivity index (χ0v) is 13.0. The SMILES string of the molecule is C[C@H](O)c1onc(-c2cccnc2)c1C(=O)NCc1ccncc1. The zero-order valence-electron chi connectivity index (χ0n) is 13.0. The molecule has 0 aliphatic heterocycles. The molecule has 0 radical (unpaired) electrons. The van der Waals surface area contributed by atoms with Crippen LogP contribution in [-0.4, -0.2) is 26.1 Å². The van der Waals surface area contributed by atoms with Crippen LogP contribution in [0.25, 0.3) is 11.3 Å². The molecule has 1 amide bonds. The van der Waals surface area contributed by atoms with Gasteiger partial charge in [0.05, 0.1) is 0 Å². The number of carbonyl (C=O) groups excluding carboxylic acids is 1. The summed E-state index contributed by atoms with van der Waals surface area (Å²) in [6.07, 6.45) is 5.57. The van der Waals surface area contributed by atoms with E-state index in [0.717, 1.165) is 5.56 Å². The first kappa shape index (κ1) is 15.8. The smallest absolute Gasteiger partial charge is 0.257 e. The average Bonchev–Trinajstić information content (AvgIpc) is 3.07. The van der Waals surface area contributed by atoms with Crippen LogP contribution in [-0.2, 0) is 6.54 Å². The Bertz CT molecular complexity index is 816. The lowest BCUT2D eigenvalue weighted by molar-refractivity contribution is 0.0938. The maximum absolute atomic E-state index is 12.6. The van der Waals surface area contributed by atoms with Gasteiger partial charge in [-0.05, 0) is 36.8 Å². The highest BCUT2D eigenvalue weighted by atomic mass is 16.5. The fourth-order valence-corrected chi connectivity index (χ4v) is 2.28. The summed E-state index contributed by atoms with van der Waals surface area (Å²) < 4.78 is 5.19. The molecule has 0 aliphatic carbocycles. The molecule has 0 fully saturated rings. The minimum atomic E-state index is -0.954. The third kappa shape index (κ3) is 3.31. The van der Waals surface area contributed by atoms with Gasteiger partial charge in [-0.3, -0.25) is 14.8 Å². The lowest BCUT2D eigenvalue weighted by atomic mass is 10.0. The summed E-state index contributed by atoms with van der Waals surface area (Å²) in [5.41, 5.74) is 2.12. The second-order valence-electron chi connectivity index (χ2n) is 5.23. The summed E-state index contributed by atoms with van der Waals surface area (Å²) in [7, 11) is 0. The van der Waals surface area contributed by atoms with Crippen molar-refractivity contribution in [3.63, 3.8) is 0 Å². The van der Waals surface area contributed by atoms with Crippen molar-refractivity contribution in [1.82, 2.24) is 20.4 Å². The third-order valence-electron chi connectivity index (χ3n) is 3.46. The van der Waals surface area contributed by atoms with Crippen molar-refractivity contribution in [2.45, 2.75) is 19.6 Å². The molecule has 2 N–H and O–H groups in total. The van der Waals surface area contributed by atoms with E-state index in [-0.39, 0.29) is 17.2 Å². The van der Waals surface area contributed by atoms with Crippen molar-refractivity contribution in [3.05, 3.63) is 65.9 Å². The number of pyridine rings is 2. The van der Waals surface area contributed by atoms with Gasteiger partial charge in [-0.25, -0.2) is 0 Å². The van der Waals surface area contributed by atoms with Crippen LogP contribution in [0.1, 0.15) is 34.7 Å². The van der Waals surface area contributed by atoms with E-state index in [9.17, 15) is 9.90 Å². The van der Waals surface area contributed by atoms with Gasteiger partial charge in [-0.2, -0.15) is 0 Å². The summed E-state index contributed by atoms with van der Waals surface area (Å²) in [5.74, 6) is -0.246. The first-order valence-corrected chi connectivity index (χ1v) is 7.42. The topological polar surface area (TPSA) is 101 Å². The Morgan fingerprint density at radius 3 is 2.71 bits per heavy atom. The molecule has 0 saturated carbocycles. The average molecular weight is 324 g/mol. The Morgan fingerprint density at radius 2 is 2.04 bits per heavy atom. The second-order valence-corrected chi connectivity index (χ2v) is 5.23. The maximum atomic E-state index is 12.6. The number of aliphatic hydroxyl groups excluding tert-OH is 1. The van der Waals surface area contributed by atoms with Gasteiger partial charge in [-0.15, -0.1) is 0 Å². The van der Waals surface area contributed by atoms with Crippen LogP contribution in [0.3, 0.4) is 0 Å². The molecular formula is C17H16N4O3. The largest absolute Gasteiger partial charge is 0.385 e. The van der Waals surface area contributed by atoms with Crippen molar-refractivity contribution in [3.8, 4) is 11.3 Å². The van der Waals surface area contributed by atoms with Crippen molar-refractivity contribution < 1.29 is 14.4 Å². The predicted octanol–water partition coefficient (Wildman–Crippen LogP) is 2.11.